The number of fused-ring (bicyclic) bond motifs is 1. The van der Waals surface area contributed by atoms with Gasteiger partial charge in [-0.2, -0.15) is 0 Å². The normalized spacial score (nSPS) is 29.0. The largest absolute Gasteiger partial charge is 0.366 e. The first kappa shape index (κ1) is 12.9. The van der Waals surface area contributed by atoms with E-state index in [9.17, 15) is 0 Å². The molecule has 0 radical (unpaired) electrons. The van der Waals surface area contributed by atoms with Crippen molar-refractivity contribution in [2.75, 3.05) is 5.32 Å². The fourth-order valence-corrected chi connectivity index (χ4v) is 3.19. The van der Waals surface area contributed by atoms with Crippen LogP contribution in [-0.4, -0.2) is 22.1 Å². The molecule has 2 aliphatic rings. The van der Waals surface area contributed by atoms with Crippen LogP contribution in [0.3, 0.4) is 0 Å². The third-order valence-electron chi connectivity index (χ3n) is 5.03. The van der Waals surface area contributed by atoms with E-state index in [1.54, 1.807) is 6.33 Å². The van der Waals surface area contributed by atoms with Crippen LogP contribution in [0.1, 0.15) is 50.8 Å². The smallest absolute Gasteiger partial charge is 0.133 e. The summed E-state index contributed by atoms with van der Waals surface area (Å²) in [6.07, 6.45) is 8.75. The molecule has 0 aliphatic heterocycles. The van der Waals surface area contributed by atoms with Crippen LogP contribution < -0.4 is 11.1 Å². The third kappa shape index (κ3) is 2.22. The number of anilines is 1. The molecule has 2 unspecified atom stereocenters. The lowest BCUT2D eigenvalue weighted by molar-refractivity contribution is 0.117. The molecule has 3 N–H and O–H groups in total. The van der Waals surface area contributed by atoms with Crippen LogP contribution in [0.25, 0.3) is 0 Å². The summed E-state index contributed by atoms with van der Waals surface area (Å²) in [4.78, 5) is 8.95. The minimum atomic E-state index is 0.155. The summed E-state index contributed by atoms with van der Waals surface area (Å²) in [5, 5.41) is 3.62. The summed E-state index contributed by atoms with van der Waals surface area (Å²) in [6.45, 7) is 4.47. The van der Waals surface area contributed by atoms with Gasteiger partial charge in [-0.1, -0.05) is 20.3 Å². The van der Waals surface area contributed by atoms with Gasteiger partial charge in [-0.3, -0.25) is 0 Å². The summed E-state index contributed by atoms with van der Waals surface area (Å²) >= 11 is 0. The number of nitrogens with two attached hydrogens (primary N) is 1. The summed E-state index contributed by atoms with van der Waals surface area (Å²) in [5.41, 5.74) is 8.84. The molecule has 2 aliphatic carbocycles. The highest BCUT2D eigenvalue weighted by Gasteiger charge is 2.46. The first-order valence-electron chi connectivity index (χ1n) is 7.44. The van der Waals surface area contributed by atoms with Crippen molar-refractivity contribution < 1.29 is 0 Å². The highest BCUT2D eigenvalue weighted by atomic mass is 15.1. The number of nitrogens with one attached hydrogen (secondary N) is 1. The average molecular weight is 260 g/mol. The van der Waals surface area contributed by atoms with Crippen molar-refractivity contribution >= 4 is 5.82 Å². The van der Waals surface area contributed by atoms with Crippen LogP contribution in [0.5, 0.6) is 0 Å². The molecule has 1 saturated carbocycles. The van der Waals surface area contributed by atoms with Crippen molar-refractivity contribution in [1.29, 1.82) is 0 Å². The van der Waals surface area contributed by atoms with E-state index in [-0.39, 0.29) is 5.41 Å². The number of aryl methyl sites for hydroxylation is 1. The van der Waals surface area contributed by atoms with Crippen molar-refractivity contribution in [3.05, 3.63) is 17.6 Å². The number of nitrogens with zero attached hydrogens (tertiary/aromatic N) is 2. The predicted molar refractivity (Wildman–Crippen MR) is 77.1 cm³/mol. The molecule has 104 valence electrons. The average Bonchev–Trinajstić information content (AvgIpc) is 2.64. The lowest BCUT2D eigenvalue weighted by Crippen LogP contribution is -2.61. The van der Waals surface area contributed by atoms with Gasteiger partial charge in [-0.25, -0.2) is 9.97 Å². The molecule has 1 aromatic rings. The Morgan fingerprint density at radius 2 is 2.00 bits per heavy atom. The van der Waals surface area contributed by atoms with Crippen molar-refractivity contribution in [2.45, 2.75) is 64.5 Å². The Labute approximate surface area is 115 Å². The maximum atomic E-state index is 6.09. The monoisotopic (exact) mass is 260 g/mol. The second kappa shape index (κ2) is 4.75. The van der Waals surface area contributed by atoms with Crippen molar-refractivity contribution in [3.8, 4) is 0 Å². The second-order valence-electron chi connectivity index (χ2n) is 6.57. The van der Waals surface area contributed by atoms with Gasteiger partial charge in [0, 0.05) is 28.8 Å². The molecule has 4 heteroatoms. The van der Waals surface area contributed by atoms with Gasteiger partial charge in [-0.15, -0.1) is 0 Å². The SMILES string of the molecule is CC1(C)C(N)CC1Nc1ncnc2c1CCCCC2. The summed E-state index contributed by atoms with van der Waals surface area (Å²) in [6, 6.07) is 0.732. The van der Waals surface area contributed by atoms with Crippen LogP contribution in [0.15, 0.2) is 6.33 Å². The topological polar surface area (TPSA) is 63.8 Å². The Morgan fingerprint density at radius 3 is 2.74 bits per heavy atom. The van der Waals surface area contributed by atoms with Gasteiger partial charge in [0.2, 0.25) is 0 Å². The van der Waals surface area contributed by atoms with E-state index in [0.29, 0.717) is 12.1 Å². The van der Waals surface area contributed by atoms with Crippen molar-refractivity contribution in [2.24, 2.45) is 11.1 Å². The highest BCUT2D eigenvalue weighted by Crippen LogP contribution is 2.41. The molecular formula is C15H24N4. The van der Waals surface area contributed by atoms with Gasteiger partial charge in [-0.05, 0) is 32.1 Å². The molecule has 0 spiro atoms. The minimum Gasteiger partial charge on any atom is -0.366 e. The zero-order valence-electron chi connectivity index (χ0n) is 11.9. The van der Waals surface area contributed by atoms with Crippen LogP contribution in [0.2, 0.25) is 0 Å². The molecule has 0 amide bonds. The Morgan fingerprint density at radius 1 is 1.21 bits per heavy atom. The fourth-order valence-electron chi connectivity index (χ4n) is 3.19. The van der Waals surface area contributed by atoms with Gasteiger partial charge < -0.3 is 11.1 Å². The Bertz CT molecular complexity index is 469. The highest BCUT2D eigenvalue weighted by molar-refractivity contribution is 5.48. The van der Waals surface area contributed by atoms with Crippen LogP contribution in [0.4, 0.5) is 5.82 Å². The van der Waals surface area contributed by atoms with E-state index < -0.39 is 0 Å². The summed E-state index contributed by atoms with van der Waals surface area (Å²) < 4.78 is 0. The molecule has 3 rings (SSSR count). The molecule has 0 aromatic carbocycles. The van der Waals surface area contributed by atoms with Crippen molar-refractivity contribution in [1.82, 2.24) is 9.97 Å². The maximum absolute atomic E-state index is 6.09. The molecule has 4 nitrogen and oxygen atoms in total. The van der Waals surface area contributed by atoms with Crippen LogP contribution in [0, 0.1) is 5.41 Å². The number of hydrogen-bond donors (Lipinski definition) is 2. The Hall–Kier alpha value is -1.16. The van der Waals surface area contributed by atoms with E-state index in [2.05, 4.69) is 29.1 Å². The Kier molecular flexibility index (Phi) is 3.21. The standard InChI is InChI=1S/C15H24N4/c1-15(2)12(16)8-13(15)19-14-10-6-4-3-5-7-11(10)17-9-18-14/h9,12-13H,3-8,16H2,1-2H3,(H,17,18,19). The van der Waals surface area contributed by atoms with Gasteiger partial charge in [0.05, 0.1) is 0 Å². The quantitative estimate of drug-likeness (QED) is 0.801. The first-order valence-corrected chi connectivity index (χ1v) is 7.44. The predicted octanol–water partition coefficient (Wildman–Crippen LogP) is 2.28. The maximum Gasteiger partial charge on any atom is 0.133 e. The first-order chi connectivity index (χ1) is 9.09. The van der Waals surface area contributed by atoms with Gasteiger partial charge in [0.15, 0.2) is 0 Å². The van der Waals surface area contributed by atoms with E-state index in [1.807, 2.05) is 0 Å². The van der Waals surface area contributed by atoms with E-state index >= 15 is 0 Å². The minimum absolute atomic E-state index is 0.155. The van der Waals surface area contributed by atoms with Crippen LogP contribution >= 0.6 is 0 Å². The zero-order chi connectivity index (χ0) is 13.5. The molecule has 19 heavy (non-hydrogen) atoms. The number of aromatic nitrogens is 2. The molecule has 2 atom stereocenters. The van der Waals surface area contributed by atoms with Crippen molar-refractivity contribution in [3.63, 3.8) is 0 Å². The lowest BCUT2D eigenvalue weighted by atomic mass is 9.63. The molecular weight excluding hydrogens is 236 g/mol. The molecule has 1 aromatic heterocycles. The zero-order valence-corrected chi connectivity index (χ0v) is 11.9. The summed E-state index contributed by atoms with van der Waals surface area (Å²) in [5.74, 6) is 1.05. The molecule has 1 fully saturated rings. The van der Waals surface area contributed by atoms with Gasteiger partial charge in [0.1, 0.15) is 12.1 Å². The lowest BCUT2D eigenvalue weighted by Gasteiger charge is -2.50. The number of rotatable bonds is 2. The van der Waals surface area contributed by atoms with E-state index in [1.165, 1.54) is 30.5 Å². The third-order valence-corrected chi connectivity index (χ3v) is 5.03. The van der Waals surface area contributed by atoms with Gasteiger partial charge >= 0.3 is 0 Å². The van der Waals surface area contributed by atoms with Crippen LogP contribution in [-0.2, 0) is 12.8 Å². The Balaban J connectivity index is 1.82. The molecule has 1 heterocycles. The second-order valence-corrected chi connectivity index (χ2v) is 6.57. The van der Waals surface area contributed by atoms with E-state index in [4.69, 9.17) is 5.73 Å². The summed E-state index contributed by atoms with van der Waals surface area (Å²) in [7, 11) is 0. The van der Waals surface area contributed by atoms with E-state index in [0.717, 1.165) is 25.1 Å². The van der Waals surface area contributed by atoms with Gasteiger partial charge in [0.25, 0.3) is 0 Å². The molecule has 0 bridgehead atoms. The fraction of sp³-hybridized carbons (Fsp3) is 0.733. The molecule has 0 saturated heterocycles. The number of hydrogen-bond acceptors (Lipinski definition) is 4.